The number of nitrogens with one attached hydrogen (secondary N) is 2. The number of hydrogen-bond donors (Lipinski definition) is 2. The van der Waals surface area contributed by atoms with Crippen molar-refractivity contribution < 1.29 is 4.79 Å². The molecule has 0 atom stereocenters. The molecule has 1 saturated carbocycles. The van der Waals surface area contributed by atoms with Crippen LogP contribution in [0.2, 0.25) is 0 Å². The van der Waals surface area contributed by atoms with Crippen LogP contribution in [0.5, 0.6) is 0 Å². The number of hydrogen-bond acceptors (Lipinski definition) is 3. The fourth-order valence-corrected chi connectivity index (χ4v) is 2.53. The van der Waals surface area contributed by atoms with Crippen molar-refractivity contribution in [3.8, 4) is 0 Å². The maximum absolute atomic E-state index is 11.6. The number of carbonyl (C=O) groups excluding carboxylic acids is 1. The molecule has 0 unspecified atom stereocenters. The van der Waals surface area contributed by atoms with Crippen LogP contribution in [-0.2, 0) is 11.3 Å². The van der Waals surface area contributed by atoms with Crippen molar-refractivity contribution in [2.45, 2.75) is 52.1 Å². The van der Waals surface area contributed by atoms with Gasteiger partial charge in [-0.15, -0.1) is 0 Å². The summed E-state index contributed by atoms with van der Waals surface area (Å²) >= 11 is 0. The zero-order chi connectivity index (χ0) is 14.4. The third kappa shape index (κ3) is 4.63. The first-order chi connectivity index (χ1) is 9.65. The summed E-state index contributed by atoms with van der Waals surface area (Å²) in [6.45, 7) is 5.90. The van der Waals surface area contributed by atoms with Crippen LogP contribution in [0.3, 0.4) is 0 Å². The van der Waals surface area contributed by atoms with Gasteiger partial charge in [0.1, 0.15) is 0 Å². The minimum absolute atomic E-state index is 0.0499. The van der Waals surface area contributed by atoms with E-state index < -0.39 is 0 Å². The number of carbonyl (C=O) groups is 1. The molecule has 0 spiro atoms. The highest BCUT2D eigenvalue weighted by Gasteiger charge is 2.17. The van der Waals surface area contributed by atoms with Crippen molar-refractivity contribution in [2.75, 3.05) is 13.1 Å². The van der Waals surface area contributed by atoms with Crippen LogP contribution in [0.4, 0.5) is 0 Å². The fraction of sp³-hybridized carbons (Fsp3) is 0.733. The monoisotopic (exact) mass is 278 g/mol. The quantitative estimate of drug-likeness (QED) is 0.800. The second-order valence-electron chi connectivity index (χ2n) is 6.03. The zero-order valence-corrected chi connectivity index (χ0v) is 12.6. The Hall–Kier alpha value is -1.36. The number of aromatic nitrogens is 2. The van der Waals surface area contributed by atoms with Gasteiger partial charge in [-0.1, -0.05) is 26.7 Å². The Morgan fingerprint density at radius 3 is 2.90 bits per heavy atom. The van der Waals surface area contributed by atoms with Gasteiger partial charge in [-0.05, 0) is 24.8 Å². The summed E-state index contributed by atoms with van der Waals surface area (Å²) < 4.78 is 2.09. The van der Waals surface area contributed by atoms with Crippen LogP contribution in [-0.4, -0.2) is 28.8 Å². The first-order valence-electron chi connectivity index (χ1n) is 7.66. The molecule has 5 heteroatoms. The van der Waals surface area contributed by atoms with E-state index in [0.29, 0.717) is 25.0 Å². The van der Waals surface area contributed by atoms with E-state index in [2.05, 4.69) is 40.5 Å². The van der Waals surface area contributed by atoms with Gasteiger partial charge in [0.25, 0.3) is 0 Å². The molecule has 1 aromatic heterocycles. The molecule has 0 radical (unpaired) electrons. The lowest BCUT2D eigenvalue weighted by atomic mass is 10.2. The van der Waals surface area contributed by atoms with Crippen molar-refractivity contribution >= 4 is 5.91 Å². The summed E-state index contributed by atoms with van der Waals surface area (Å²) in [5.41, 5.74) is 1.01. The van der Waals surface area contributed by atoms with Crippen molar-refractivity contribution in [2.24, 2.45) is 5.92 Å². The molecule has 5 nitrogen and oxygen atoms in total. The van der Waals surface area contributed by atoms with E-state index in [9.17, 15) is 4.79 Å². The predicted octanol–water partition coefficient (Wildman–Crippen LogP) is 1.86. The molecular formula is C15H26N4O. The minimum atomic E-state index is 0.0499. The summed E-state index contributed by atoms with van der Waals surface area (Å²) in [7, 11) is 0. The Morgan fingerprint density at radius 2 is 2.20 bits per heavy atom. The van der Waals surface area contributed by atoms with Gasteiger partial charge < -0.3 is 10.6 Å². The number of nitrogens with zero attached hydrogens (tertiary/aromatic N) is 2. The smallest absolute Gasteiger partial charge is 0.233 e. The molecule has 1 heterocycles. The van der Waals surface area contributed by atoms with E-state index >= 15 is 0 Å². The van der Waals surface area contributed by atoms with Crippen LogP contribution in [0.15, 0.2) is 12.3 Å². The van der Waals surface area contributed by atoms with Gasteiger partial charge in [0, 0.05) is 19.3 Å². The van der Waals surface area contributed by atoms with Gasteiger partial charge in [0.2, 0.25) is 5.91 Å². The molecule has 2 N–H and O–H groups in total. The van der Waals surface area contributed by atoms with Crippen molar-refractivity contribution in [3.63, 3.8) is 0 Å². The van der Waals surface area contributed by atoms with Crippen molar-refractivity contribution in [1.29, 1.82) is 0 Å². The Bertz CT molecular complexity index is 421. The van der Waals surface area contributed by atoms with E-state index in [0.717, 1.165) is 12.2 Å². The Morgan fingerprint density at radius 1 is 1.45 bits per heavy atom. The van der Waals surface area contributed by atoms with E-state index in [1.807, 2.05) is 6.07 Å². The molecule has 0 bridgehead atoms. The van der Waals surface area contributed by atoms with E-state index in [4.69, 9.17) is 0 Å². The maximum Gasteiger partial charge on any atom is 0.233 e. The molecule has 112 valence electrons. The molecule has 0 aromatic carbocycles. The second kappa shape index (κ2) is 7.43. The summed E-state index contributed by atoms with van der Waals surface area (Å²) in [6.07, 6.45) is 7.17. The highest BCUT2D eigenvalue weighted by molar-refractivity contribution is 5.77. The van der Waals surface area contributed by atoms with Crippen LogP contribution >= 0.6 is 0 Å². The lowest BCUT2D eigenvalue weighted by Crippen LogP contribution is -2.35. The molecule has 1 fully saturated rings. The van der Waals surface area contributed by atoms with Crippen LogP contribution in [0.1, 0.15) is 51.3 Å². The molecule has 1 aliphatic rings. The summed E-state index contributed by atoms with van der Waals surface area (Å²) in [6, 6.07) is 2.62. The Balaban J connectivity index is 1.67. The van der Waals surface area contributed by atoms with Gasteiger partial charge in [-0.3, -0.25) is 9.48 Å². The summed E-state index contributed by atoms with van der Waals surface area (Å²) in [4.78, 5) is 11.6. The molecule has 1 amide bonds. The molecule has 0 saturated heterocycles. The molecule has 2 rings (SSSR count). The van der Waals surface area contributed by atoms with Crippen molar-refractivity contribution in [1.82, 2.24) is 20.4 Å². The molecule has 0 aliphatic heterocycles. The number of rotatable bonds is 7. The molecule has 20 heavy (non-hydrogen) atoms. The Kier molecular flexibility index (Phi) is 5.59. The second-order valence-corrected chi connectivity index (χ2v) is 6.03. The lowest BCUT2D eigenvalue weighted by molar-refractivity contribution is -0.120. The van der Waals surface area contributed by atoms with Gasteiger partial charge >= 0.3 is 0 Å². The van der Waals surface area contributed by atoms with Crippen LogP contribution in [0, 0.1) is 5.92 Å². The standard InChI is InChI=1S/C15H26N4O/c1-12(2)9-17-15(20)11-16-10-13-7-8-19(18-13)14-5-3-4-6-14/h7-8,12,14,16H,3-6,9-11H2,1-2H3,(H,17,20). The average Bonchev–Trinajstić information content (AvgIpc) is 3.06. The minimum Gasteiger partial charge on any atom is -0.355 e. The first kappa shape index (κ1) is 15.0. The Labute approximate surface area is 121 Å². The lowest BCUT2D eigenvalue weighted by Gasteiger charge is -2.09. The average molecular weight is 278 g/mol. The van der Waals surface area contributed by atoms with Crippen molar-refractivity contribution in [3.05, 3.63) is 18.0 Å². The SMILES string of the molecule is CC(C)CNC(=O)CNCc1ccn(C2CCCC2)n1. The van der Waals surface area contributed by atoms with E-state index in [1.165, 1.54) is 25.7 Å². The van der Waals surface area contributed by atoms with Gasteiger partial charge in [0.15, 0.2) is 0 Å². The van der Waals surface area contributed by atoms with E-state index in [-0.39, 0.29) is 5.91 Å². The zero-order valence-electron chi connectivity index (χ0n) is 12.6. The normalized spacial score (nSPS) is 15.9. The molecule has 1 aliphatic carbocycles. The predicted molar refractivity (Wildman–Crippen MR) is 79.3 cm³/mol. The van der Waals surface area contributed by atoms with E-state index in [1.54, 1.807) is 0 Å². The summed E-state index contributed by atoms with van der Waals surface area (Å²) in [5.74, 6) is 0.537. The highest BCUT2D eigenvalue weighted by atomic mass is 16.1. The molecular weight excluding hydrogens is 252 g/mol. The van der Waals surface area contributed by atoms with Crippen LogP contribution < -0.4 is 10.6 Å². The highest BCUT2D eigenvalue weighted by Crippen LogP contribution is 2.28. The van der Waals surface area contributed by atoms with Gasteiger partial charge in [0.05, 0.1) is 18.3 Å². The van der Waals surface area contributed by atoms with Gasteiger partial charge in [-0.2, -0.15) is 5.10 Å². The van der Waals surface area contributed by atoms with Crippen LogP contribution in [0.25, 0.3) is 0 Å². The number of amides is 1. The third-order valence-electron chi connectivity index (χ3n) is 3.66. The third-order valence-corrected chi connectivity index (χ3v) is 3.66. The largest absolute Gasteiger partial charge is 0.355 e. The summed E-state index contributed by atoms with van der Waals surface area (Å²) in [5, 5.41) is 10.6. The molecule has 1 aromatic rings. The maximum atomic E-state index is 11.6. The topological polar surface area (TPSA) is 59.0 Å². The first-order valence-corrected chi connectivity index (χ1v) is 7.66. The fourth-order valence-electron chi connectivity index (χ4n) is 2.53. The van der Waals surface area contributed by atoms with Gasteiger partial charge in [-0.25, -0.2) is 0 Å².